The summed E-state index contributed by atoms with van der Waals surface area (Å²) in [5, 5.41) is 38.9. The van der Waals surface area contributed by atoms with Gasteiger partial charge in [-0.05, 0) is 95.1 Å². The first-order chi connectivity index (χ1) is 16.0. The van der Waals surface area contributed by atoms with E-state index in [1.54, 1.807) is 48.5 Å². The Labute approximate surface area is 193 Å². The van der Waals surface area contributed by atoms with Crippen molar-refractivity contribution in [2.75, 3.05) is 0 Å². The van der Waals surface area contributed by atoms with E-state index in [1.807, 2.05) is 48.5 Å². The van der Waals surface area contributed by atoms with Crippen LogP contribution in [-0.4, -0.2) is 20.4 Å². The highest BCUT2D eigenvalue weighted by Crippen LogP contribution is 2.35. The summed E-state index contributed by atoms with van der Waals surface area (Å²) < 4.78 is 0. The minimum absolute atomic E-state index is 0.104. The first-order valence-corrected chi connectivity index (χ1v) is 10.8. The highest BCUT2D eigenvalue weighted by molar-refractivity contribution is 5.82. The topological polar surface area (TPSA) is 80.9 Å². The maximum absolute atomic E-state index is 9.78. The van der Waals surface area contributed by atoms with Crippen molar-refractivity contribution >= 4 is 11.6 Å². The van der Waals surface area contributed by atoms with Crippen molar-refractivity contribution in [1.29, 1.82) is 0 Å². The Bertz CT molecular complexity index is 1210. The molecule has 4 N–H and O–H groups in total. The molecule has 0 heterocycles. The first kappa shape index (κ1) is 22.0. The molecule has 0 spiro atoms. The molecule has 0 aliphatic rings. The first-order valence-electron chi connectivity index (χ1n) is 10.8. The second-order valence-corrected chi connectivity index (χ2v) is 8.17. The molecule has 0 fully saturated rings. The summed E-state index contributed by atoms with van der Waals surface area (Å²) in [7, 11) is 0. The summed E-state index contributed by atoms with van der Waals surface area (Å²) in [4.78, 5) is 0. The minimum Gasteiger partial charge on any atom is -0.508 e. The molecule has 0 saturated carbocycles. The van der Waals surface area contributed by atoms with Gasteiger partial charge in [-0.15, -0.1) is 0 Å². The quantitative estimate of drug-likeness (QED) is 0.249. The van der Waals surface area contributed by atoms with Gasteiger partial charge in [-0.1, -0.05) is 54.6 Å². The van der Waals surface area contributed by atoms with Gasteiger partial charge in [-0.2, -0.15) is 0 Å². The Hall–Kier alpha value is -4.18. The molecule has 1 unspecified atom stereocenters. The SMILES string of the molecule is Oc1ccc(/C=C(\CC(Cc2ccc(O)cc2)c2ccc(O)cc2)c2ccc(O)cc2)cc1. The van der Waals surface area contributed by atoms with Crippen molar-refractivity contribution in [1.82, 2.24) is 0 Å². The van der Waals surface area contributed by atoms with Gasteiger partial charge in [0.05, 0.1) is 0 Å². The lowest BCUT2D eigenvalue weighted by Gasteiger charge is -2.21. The third-order valence-corrected chi connectivity index (χ3v) is 5.72. The predicted octanol–water partition coefficient (Wildman–Crippen LogP) is 6.47. The minimum atomic E-state index is 0.104. The summed E-state index contributed by atoms with van der Waals surface area (Å²) in [5.74, 6) is 0.985. The molecule has 4 heteroatoms. The zero-order valence-corrected chi connectivity index (χ0v) is 18.1. The number of phenolic OH excluding ortho intramolecular Hbond substituents is 4. The maximum Gasteiger partial charge on any atom is 0.115 e. The molecular weight excluding hydrogens is 412 g/mol. The van der Waals surface area contributed by atoms with E-state index in [4.69, 9.17) is 0 Å². The third kappa shape index (κ3) is 5.95. The molecule has 0 aromatic heterocycles. The molecule has 0 saturated heterocycles. The van der Waals surface area contributed by atoms with Crippen LogP contribution in [0, 0.1) is 0 Å². The molecule has 0 amide bonds. The molecule has 166 valence electrons. The van der Waals surface area contributed by atoms with Gasteiger partial charge in [-0.25, -0.2) is 0 Å². The van der Waals surface area contributed by atoms with Crippen LogP contribution >= 0.6 is 0 Å². The van der Waals surface area contributed by atoms with Crippen LogP contribution in [0.3, 0.4) is 0 Å². The molecule has 4 aromatic carbocycles. The lowest BCUT2D eigenvalue weighted by molar-refractivity contribution is 0.474. The molecule has 1 atom stereocenters. The van der Waals surface area contributed by atoms with Gasteiger partial charge in [0.1, 0.15) is 23.0 Å². The Morgan fingerprint density at radius 3 is 1.58 bits per heavy atom. The van der Waals surface area contributed by atoms with Gasteiger partial charge in [-0.3, -0.25) is 0 Å². The maximum atomic E-state index is 9.78. The van der Waals surface area contributed by atoms with Crippen molar-refractivity contribution in [3.8, 4) is 23.0 Å². The highest BCUT2D eigenvalue weighted by Gasteiger charge is 2.17. The zero-order chi connectivity index (χ0) is 23.2. The van der Waals surface area contributed by atoms with Crippen molar-refractivity contribution in [2.45, 2.75) is 18.8 Å². The summed E-state index contributed by atoms with van der Waals surface area (Å²) in [5.41, 5.74) is 5.23. The van der Waals surface area contributed by atoms with Gasteiger partial charge in [0.2, 0.25) is 0 Å². The molecule has 4 aromatic rings. The molecule has 4 rings (SSSR count). The number of phenols is 4. The summed E-state index contributed by atoms with van der Waals surface area (Å²) >= 11 is 0. The van der Waals surface area contributed by atoms with Gasteiger partial charge in [0, 0.05) is 0 Å². The van der Waals surface area contributed by atoms with E-state index in [1.165, 1.54) is 0 Å². The van der Waals surface area contributed by atoms with Crippen molar-refractivity contribution in [3.63, 3.8) is 0 Å². The second kappa shape index (κ2) is 9.96. The molecule has 33 heavy (non-hydrogen) atoms. The van der Waals surface area contributed by atoms with E-state index in [0.29, 0.717) is 6.42 Å². The van der Waals surface area contributed by atoms with Gasteiger partial charge < -0.3 is 20.4 Å². The van der Waals surface area contributed by atoms with E-state index in [9.17, 15) is 20.4 Å². The van der Waals surface area contributed by atoms with Crippen LogP contribution in [0.1, 0.15) is 34.6 Å². The summed E-state index contributed by atoms with van der Waals surface area (Å²) in [6.07, 6.45) is 3.55. The molecule has 0 aliphatic heterocycles. The normalized spacial score (nSPS) is 12.4. The predicted molar refractivity (Wildman–Crippen MR) is 131 cm³/mol. The molecule has 0 aliphatic carbocycles. The number of aromatic hydroxyl groups is 4. The number of hydrogen-bond donors (Lipinski definition) is 4. The summed E-state index contributed by atoms with van der Waals surface area (Å²) in [6.45, 7) is 0. The number of benzene rings is 4. The van der Waals surface area contributed by atoms with Gasteiger partial charge in [0.25, 0.3) is 0 Å². The van der Waals surface area contributed by atoms with Gasteiger partial charge >= 0.3 is 0 Å². The molecule has 0 bridgehead atoms. The smallest absolute Gasteiger partial charge is 0.115 e. The summed E-state index contributed by atoms with van der Waals surface area (Å²) in [6, 6.07) is 28.7. The van der Waals surface area contributed by atoms with Crippen LogP contribution in [0.5, 0.6) is 23.0 Å². The van der Waals surface area contributed by atoms with Crippen LogP contribution in [0.4, 0.5) is 0 Å². The lowest BCUT2D eigenvalue weighted by atomic mass is 9.84. The Kier molecular flexibility index (Phi) is 6.65. The highest BCUT2D eigenvalue weighted by atomic mass is 16.3. The molecular formula is C29H26O4. The fraction of sp³-hybridized carbons (Fsp3) is 0.103. The van der Waals surface area contributed by atoms with Crippen LogP contribution < -0.4 is 0 Å². The second-order valence-electron chi connectivity index (χ2n) is 8.17. The Balaban J connectivity index is 1.73. The largest absolute Gasteiger partial charge is 0.508 e. The van der Waals surface area contributed by atoms with E-state index in [2.05, 4.69) is 6.08 Å². The average Bonchev–Trinajstić information content (AvgIpc) is 2.82. The zero-order valence-electron chi connectivity index (χ0n) is 18.1. The van der Waals surface area contributed by atoms with E-state index >= 15 is 0 Å². The fourth-order valence-electron chi connectivity index (χ4n) is 3.94. The number of hydrogen-bond acceptors (Lipinski definition) is 4. The number of allylic oxidation sites excluding steroid dienone is 1. The van der Waals surface area contributed by atoms with Crippen molar-refractivity contribution in [3.05, 3.63) is 119 Å². The average molecular weight is 439 g/mol. The molecule has 0 radical (unpaired) electrons. The van der Waals surface area contributed by atoms with Crippen LogP contribution in [0.2, 0.25) is 0 Å². The Morgan fingerprint density at radius 1 is 0.576 bits per heavy atom. The van der Waals surface area contributed by atoms with E-state index < -0.39 is 0 Å². The standard InChI is InChI=1S/C29H26O4/c30-26-9-1-20(2-10-26)17-24(22-5-13-28(32)14-6-22)19-25(23-7-15-29(33)16-8-23)18-21-3-11-27(31)12-4-21/h1-17,25,30-33H,18-19H2/b24-17+. The van der Waals surface area contributed by atoms with E-state index in [-0.39, 0.29) is 28.9 Å². The van der Waals surface area contributed by atoms with Crippen LogP contribution in [0.15, 0.2) is 97.1 Å². The monoisotopic (exact) mass is 438 g/mol. The molecule has 4 nitrogen and oxygen atoms in total. The number of rotatable bonds is 7. The lowest BCUT2D eigenvalue weighted by Crippen LogP contribution is -2.05. The van der Waals surface area contributed by atoms with Crippen molar-refractivity contribution in [2.24, 2.45) is 0 Å². The van der Waals surface area contributed by atoms with Crippen molar-refractivity contribution < 1.29 is 20.4 Å². The Morgan fingerprint density at radius 2 is 1.03 bits per heavy atom. The van der Waals surface area contributed by atoms with Gasteiger partial charge in [0.15, 0.2) is 0 Å². The van der Waals surface area contributed by atoms with Crippen LogP contribution in [-0.2, 0) is 6.42 Å². The van der Waals surface area contributed by atoms with Crippen LogP contribution in [0.25, 0.3) is 11.6 Å². The third-order valence-electron chi connectivity index (χ3n) is 5.72. The van der Waals surface area contributed by atoms with E-state index in [0.717, 1.165) is 34.2 Å². The fourth-order valence-corrected chi connectivity index (χ4v) is 3.94.